The molecule has 0 fully saturated rings. The molecule has 0 aliphatic carbocycles. The molecule has 0 aliphatic heterocycles. The molecule has 0 radical (unpaired) electrons. The summed E-state index contributed by atoms with van der Waals surface area (Å²) in [5.41, 5.74) is 0. The van der Waals surface area contributed by atoms with Crippen molar-refractivity contribution in [1.82, 2.24) is 0 Å². The fourth-order valence-electron chi connectivity index (χ4n) is 0.694. The first kappa shape index (κ1) is 12.3. The topological polar surface area (TPSA) is 134 Å². The van der Waals surface area contributed by atoms with Crippen molar-refractivity contribution in [2.45, 2.75) is 24.4 Å². The summed E-state index contributed by atoms with van der Waals surface area (Å²) >= 11 is 0. The lowest BCUT2D eigenvalue weighted by Gasteiger charge is -2.23. The van der Waals surface area contributed by atoms with Crippen LogP contribution in [0, 0.1) is 0 Å². The predicted molar refractivity (Wildman–Crippen MR) is 41.4 cm³/mol. The van der Waals surface area contributed by atoms with Crippen molar-refractivity contribution >= 4 is 6.21 Å². The van der Waals surface area contributed by atoms with Gasteiger partial charge in [-0.05, 0) is 0 Å². The van der Waals surface area contributed by atoms with Gasteiger partial charge in [0.1, 0.15) is 24.4 Å². The maximum Gasteiger partial charge on any atom is 0.121 e. The lowest BCUT2D eigenvalue weighted by molar-refractivity contribution is -0.100. The zero-order valence-corrected chi connectivity index (χ0v) is 6.72. The van der Waals surface area contributed by atoms with Crippen molar-refractivity contribution in [1.29, 1.82) is 0 Å². The molecule has 6 N–H and O–H groups in total. The summed E-state index contributed by atoms with van der Waals surface area (Å²) in [6.45, 7) is -0.749. The Bertz CT molecular complexity index is 163. The second-order valence-electron chi connectivity index (χ2n) is 2.49. The van der Waals surface area contributed by atoms with Crippen LogP contribution >= 0.6 is 0 Å². The summed E-state index contributed by atoms with van der Waals surface area (Å²) < 4.78 is 0. The smallest absolute Gasteiger partial charge is 0.121 e. The van der Waals surface area contributed by atoms with E-state index in [0.717, 1.165) is 0 Å². The molecule has 0 aromatic rings. The summed E-state index contributed by atoms with van der Waals surface area (Å²) in [5, 5.41) is 54.6. The highest BCUT2D eigenvalue weighted by molar-refractivity contribution is 5.62. The maximum absolute atomic E-state index is 9.05. The molecule has 0 aromatic heterocycles. The average molecular weight is 195 g/mol. The van der Waals surface area contributed by atoms with Gasteiger partial charge in [0.15, 0.2) is 0 Å². The van der Waals surface area contributed by atoms with E-state index in [4.69, 9.17) is 30.7 Å². The molecule has 13 heavy (non-hydrogen) atoms. The molecule has 0 rings (SSSR count). The Morgan fingerprint density at radius 1 is 1.08 bits per heavy atom. The molecule has 0 aliphatic rings. The van der Waals surface area contributed by atoms with Gasteiger partial charge in [-0.3, -0.25) is 0 Å². The van der Waals surface area contributed by atoms with Crippen LogP contribution in [0.15, 0.2) is 5.16 Å². The van der Waals surface area contributed by atoms with Gasteiger partial charge >= 0.3 is 0 Å². The van der Waals surface area contributed by atoms with Gasteiger partial charge in [-0.25, -0.2) is 0 Å². The molecule has 0 aromatic carbocycles. The normalized spacial score (nSPS) is 21.3. The minimum atomic E-state index is -1.72. The van der Waals surface area contributed by atoms with Crippen LogP contribution in [0.1, 0.15) is 0 Å². The Morgan fingerprint density at radius 2 is 1.62 bits per heavy atom. The van der Waals surface area contributed by atoms with Crippen molar-refractivity contribution in [2.75, 3.05) is 6.61 Å². The van der Waals surface area contributed by atoms with Gasteiger partial charge in [-0.2, -0.15) is 0 Å². The highest BCUT2D eigenvalue weighted by Crippen LogP contribution is 2.03. The van der Waals surface area contributed by atoms with E-state index in [-0.39, 0.29) is 0 Å². The van der Waals surface area contributed by atoms with Gasteiger partial charge in [-0.1, -0.05) is 5.16 Å². The molecule has 0 heterocycles. The quantitative estimate of drug-likeness (QED) is 0.156. The third-order valence-electron chi connectivity index (χ3n) is 1.50. The van der Waals surface area contributed by atoms with Crippen LogP contribution in [0.3, 0.4) is 0 Å². The highest BCUT2D eigenvalue weighted by Gasteiger charge is 2.29. The van der Waals surface area contributed by atoms with Gasteiger partial charge in [0.05, 0.1) is 12.8 Å². The SMILES string of the molecule is OC[C@@H](O)[C@@H](O)[C@H](O)[C@H](O)/C=N/O. The lowest BCUT2D eigenvalue weighted by Crippen LogP contribution is -2.46. The zero-order valence-electron chi connectivity index (χ0n) is 6.72. The second kappa shape index (κ2) is 5.84. The summed E-state index contributed by atoms with van der Waals surface area (Å²) in [6.07, 6.45) is -6.02. The van der Waals surface area contributed by atoms with E-state index in [1.54, 1.807) is 0 Å². The second-order valence-corrected chi connectivity index (χ2v) is 2.49. The van der Waals surface area contributed by atoms with Crippen LogP contribution in [-0.4, -0.2) is 68.0 Å². The van der Waals surface area contributed by atoms with E-state index >= 15 is 0 Å². The van der Waals surface area contributed by atoms with Crippen molar-refractivity contribution in [2.24, 2.45) is 5.16 Å². The molecule has 0 saturated heterocycles. The number of nitrogens with zero attached hydrogens (tertiary/aromatic N) is 1. The number of aliphatic hydroxyl groups is 5. The third-order valence-corrected chi connectivity index (χ3v) is 1.50. The Balaban J connectivity index is 4.15. The minimum Gasteiger partial charge on any atom is -0.411 e. The van der Waals surface area contributed by atoms with E-state index in [9.17, 15) is 0 Å². The third kappa shape index (κ3) is 3.66. The largest absolute Gasteiger partial charge is 0.411 e. The highest BCUT2D eigenvalue weighted by atomic mass is 16.4. The molecule has 0 bridgehead atoms. The average Bonchev–Trinajstić information content (AvgIpc) is 2.14. The molecule has 7 nitrogen and oxygen atoms in total. The van der Waals surface area contributed by atoms with E-state index in [1.165, 1.54) is 0 Å². The van der Waals surface area contributed by atoms with Gasteiger partial charge in [0, 0.05) is 0 Å². The predicted octanol–water partition coefficient (Wildman–Crippen LogP) is -3.12. The van der Waals surface area contributed by atoms with Crippen LogP contribution in [0.4, 0.5) is 0 Å². The van der Waals surface area contributed by atoms with E-state index < -0.39 is 31.0 Å². The lowest BCUT2D eigenvalue weighted by atomic mass is 10.0. The van der Waals surface area contributed by atoms with Crippen LogP contribution in [0.5, 0.6) is 0 Å². The monoisotopic (exact) mass is 195 g/mol. The summed E-state index contributed by atoms with van der Waals surface area (Å²) in [6, 6.07) is 0. The molecule has 4 atom stereocenters. The first-order chi connectivity index (χ1) is 6.04. The summed E-state index contributed by atoms with van der Waals surface area (Å²) in [7, 11) is 0. The van der Waals surface area contributed by atoms with Crippen molar-refractivity contribution in [3.05, 3.63) is 0 Å². The molecule has 0 spiro atoms. The van der Waals surface area contributed by atoms with Gasteiger partial charge in [0.2, 0.25) is 0 Å². The fraction of sp³-hybridized carbons (Fsp3) is 0.833. The standard InChI is InChI=1S/C6H13NO6/c8-2-4(10)6(12)5(11)3(9)1-7-13/h1,3-6,8-13H,2H2/b7-1+/t3-,4-,5-,6-/m1/s1. The van der Waals surface area contributed by atoms with Crippen LogP contribution in [0.25, 0.3) is 0 Å². The van der Waals surface area contributed by atoms with Gasteiger partial charge in [0.25, 0.3) is 0 Å². The summed E-state index contributed by atoms with van der Waals surface area (Å²) in [4.78, 5) is 0. The minimum absolute atomic E-state index is 0.581. The number of hydrogen-bond acceptors (Lipinski definition) is 7. The first-order valence-electron chi connectivity index (χ1n) is 3.55. The maximum atomic E-state index is 9.05. The summed E-state index contributed by atoms with van der Waals surface area (Å²) in [5.74, 6) is 0. The van der Waals surface area contributed by atoms with E-state index in [2.05, 4.69) is 5.16 Å². The van der Waals surface area contributed by atoms with Crippen LogP contribution in [-0.2, 0) is 0 Å². The molecule has 0 saturated carbocycles. The fourth-order valence-corrected chi connectivity index (χ4v) is 0.694. The Morgan fingerprint density at radius 3 is 2.00 bits per heavy atom. The molecule has 0 unspecified atom stereocenters. The van der Waals surface area contributed by atoms with E-state index in [1.807, 2.05) is 0 Å². The Kier molecular flexibility index (Phi) is 5.51. The van der Waals surface area contributed by atoms with Crippen molar-refractivity contribution in [3.63, 3.8) is 0 Å². The number of oxime groups is 1. The van der Waals surface area contributed by atoms with Gasteiger partial charge < -0.3 is 30.7 Å². The molecule has 7 heteroatoms. The zero-order chi connectivity index (χ0) is 10.4. The van der Waals surface area contributed by atoms with Crippen LogP contribution in [0.2, 0.25) is 0 Å². The van der Waals surface area contributed by atoms with Crippen LogP contribution < -0.4 is 0 Å². The molecule has 78 valence electrons. The molecular weight excluding hydrogens is 182 g/mol. The first-order valence-corrected chi connectivity index (χ1v) is 3.55. The van der Waals surface area contributed by atoms with Crippen molar-refractivity contribution < 1.29 is 30.7 Å². The number of hydrogen-bond donors (Lipinski definition) is 6. The number of aliphatic hydroxyl groups excluding tert-OH is 5. The Hall–Kier alpha value is -0.730. The van der Waals surface area contributed by atoms with E-state index in [0.29, 0.717) is 6.21 Å². The van der Waals surface area contributed by atoms with Gasteiger partial charge in [-0.15, -0.1) is 0 Å². The molecular formula is C6H13NO6. The van der Waals surface area contributed by atoms with Crippen molar-refractivity contribution in [3.8, 4) is 0 Å². The Labute approximate surface area is 74.2 Å². The number of rotatable bonds is 5. The molecule has 0 amide bonds.